The minimum absolute atomic E-state index is 0.126. The molecule has 0 saturated carbocycles. The Morgan fingerprint density at radius 1 is 0.788 bits per heavy atom. The van der Waals surface area contributed by atoms with Crippen LogP contribution in [0, 0.1) is 5.92 Å². The number of nitrogens with one attached hydrogen (secondary N) is 3. The van der Waals surface area contributed by atoms with Crippen molar-refractivity contribution in [1.82, 2.24) is 16.0 Å². The number of rotatable bonds is 16. The molecule has 0 aliphatic rings. The van der Waals surface area contributed by atoms with E-state index in [2.05, 4.69) is 10.6 Å². The normalized spacial score (nSPS) is 14.5. The number of hydrogen-bond acceptors (Lipinski definition) is 8. The van der Waals surface area contributed by atoms with Crippen LogP contribution in [0.15, 0.2) is 0 Å². The van der Waals surface area contributed by atoms with Crippen LogP contribution in [0.2, 0.25) is 0 Å². The predicted molar refractivity (Wildman–Crippen MR) is 118 cm³/mol. The van der Waals surface area contributed by atoms with Crippen LogP contribution < -0.4 is 21.7 Å². The van der Waals surface area contributed by atoms with Gasteiger partial charge in [-0.3, -0.25) is 24.0 Å². The predicted octanol–water partition coefficient (Wildman–Crippen LogP) is -1.40. The average Bonchev–Trinajstić information content (AvgIpc) is 2.68. The third-order valence-corrected chi connectivity index (χ3v) is 4.95. The first-order valence-corrected chi connectivity index (χ1v) is 11.5. The molecule has 0 aromatic rings. The second kappa shape index (κ2) is 15.1. The second-order valence-electron chi connectivity index (χ2n) is 7.74. The first kappa shape index (κ1) is 30.1. The molecule has 33 heavy (non-hydrogen) atoms. The van der Waals surface area contributed by atoms with Crippen LogP contribution in [0.1, 0.15) is 39.5 Å². The summed E-state index contributed by atoms with van der Waals surface area (Å²) in [5.74, 6) is -6.67. The zero-order valence-corrected chi connectivity index (χ0v) is 19.5. The molecular formula is C19H32N4O9S. The van der Waals surface area contributed by atoms with E-state index < -0.39 is 72.6 Å². The fourth-order valence-corrected chi connectivity index (χ4v) is 3.17. The zero-order chi connectivity index (χ0) is 25.7. The molecule has 0 rings (SSSR count). The third kappa shape index (κ3) is 12.7. The molecule has 0 saturated heterocycles. The molecular weight excluding hydrogens is 460 g/mol. The van der Waals surface area contributed by atoms with E-state index in [9.17, 15) is 28.8 Å². The zero-order valence-electron chi connectivity index (χ0n) is 18.7. The fourth-order valence-electron chi connectivity index (χ4n) is 2.70. The van der Waals surface area contributed by atoms with Gasteiger partial charge in [-0.15, -0.1) is 0 Å². The second-order valence-corrected chi connectivity index (χ2v) is 8.72. The molecule has 4 atom stereocenters. The van der Waals surface area contributed by atoms with E-state index in [1.807, 2.05) is 19.2 Å². The van der Waals surface area contributed by atoms with Crippen LogP contribution in [0.4, 0.5) is 0 Å². The van der Waals surface area contributed by atoms with E-state index in [-0.39, 0.29) is 12.3 Å². The molecule has 0 radical (unpaired) electrons. The lowest BCUT2D eigenvalue weighted by molar-refractivity contribution is -0.148. The van der Waals surface area contributed by atoms with Crippen molar-refractivity contribution in [1.29, 1.82) is 0 Å². The van der Waals surface area contributed by atoms with Gasteiger partial charge in [0.1, 0.15) is 18.1 Å². The van der Waals surface area contributed by atoms with Crippen LogP contribution in [-0.4, -0.2) is 87.1 Å². The van der Waals surface area contributed by atoms with Crippen molar-refractivity contribution in [3.8, 4) is 0 Å². The number of aliphatic carboxylic acids is 3. The lowest BCUT2D eigenvalue weighted by Gasteiger charge is -2.24. The molecule has 0 aliphatic carbocycles. The largest absolute Gasteiger partial charge is 0.481 e. The van der Waals surface area contributed by atoms with Gasteiger partial charge in [0.25, 0.3) is 0 Å². The van der Waals surface area contributed by atoms with Crippen molar-refractivity contribution in [3.63, 3.8) is 0 Å². The first-order valence-electron chi connectivity index (χ1n) is 10.1. The Balaban J connectivity index is 5.49. The van der Waals surface area contributed by atoms with Gasteiger partial charge in [0.2, 0.25) is 17.7 Å². The van der Waals surface area contributed by atoms with Crippen LogP contribution in [-0.2, 0) is 28.8 Å². The average molecular weight is 493 g/mol. The lowest BCUT2D eigenvalue weighted by atomic mass is 10.0. The van der Waals surface area contributed by atoms with Crippen molar-refractivity contribution >= 4 is 47.4 Å². The number of carbonyl (C=O) groups excluding carboxylic acids is 3. The van der Waals surface area contributed by atoms with E-state index in [0.29, 0.717) is 12.2 Å². The summed E-state index contributed by atoms with van der Waals surface area (Å²) in [6, 6.07) is -5.53. The Morgan fingerprint density at radius 3 is 1.70 bits per heavy atom. The Bertz CT molecular complexity index is 732. The highest BCUT2D eigenvalue weighted by atomic mass is 32.2. The van der Waals surface area contributed by atoms with Crippen LogP contribution >= 0.6 is 11.8 Å². The molecule has 0 aromatic carbocycles. The van der Waals surface area contributed by atoms with Crippen molar-refractivity contribution < 1.29 is 44.1 Å². The summed E-state index contributed by atoms with van der Waals surface area (Å²) >= 11 is 1.39. The number of amides is 3. The molecule has 188 valence electrons. The minimum Gasteiger partial charge on any atom is -0.481 e. The number of carboxylic acids is 3. The van der Waals surface area contributed by atoms with E-state index >= 15 is 0 Å². The Labute approximate surface area is 195 Å². The number of nitrogens with two attached hydrogens (primary N) is 1. The monoisotopic (exact) mass is 492 g/mol. The van der Waals surface area contributed by atoms with Gasteiger partial charge in [-0.25, -0.2) is 4.79 Å². The van der Waals surface area contributed by atoms with E-state index in [1.165, 1.54) is 11.8 Å². The van der Waals surface area contributed by atoms with Crippen molar-refractivity contribution in [2.24, 2.45) is 11.7 Å². The van der Waals surface area contributed by atoms with Gasteiger partial charge in [-0.05, 0) is 30.8 Å². The van der Waals surface area contributed by atoms with Gasteiger partial charge >= 0.3 is 17.9 Å². The topological polar surface area (TPSA) is 225 Å². The number of hydrogen-bond donors (Lipinski definition) is 7. The van der Waals surface area contributed by atoms with E-state index in [1.54, 1.807) is 6.26 Å². The maximum Gasteiger partial charge on any atom is 0.326 e. The van der Waals surface area contributed by atoms with Gasteiger partial charge in [-0.1, -0.05) is 13.8 Å². The van der Waals surface area contributed by atoms with Crippen LogP contribution in [0.3, 0.4) is 0 Å². The number of carboxylic acid groups (broad SMARTS) is 3. The highest BCUT2D eigenvalue weighted by Gasteiger charge is 2.32. The minimum atomic E-state index is -1.83. The number of carbonyl (C=O) groups is 6. The van der Waals surface area contributed by atoms with Gasteiger partial charge in [0.05, 0.1) is 18.9 Å². The molecule has 0 bridgehead atoms. The number of thioether (sulfide) groups is 1. The molecule has 0 heterocycles. The van der Waals surface area contributed by atoms with E-state index in [0.717, 1.165) is 0 Å². The van der Waals surface area contributed by atoms with Crippen molar-refractivity contribution in [3.05, 3.63) is 0 Å². The van der Waals surface area contributed by atoms with Gasteiger partial charge in [0, 0.05) is 0 Å². The standard InChI is InChI=1S/C19H32N4O9S/c1-9(2)6-10(20)16(28)21-11(4-5-33-3)17(29)22-12(7-14(24)25)18(30)23-13(19(31)32)8-15(26)27/h9-13H,4-8,20H2,1-3H3,(H,21,28)(H,22,29)(H,23,30)(H,24,25)(H,26,27)(H,31,32). The summed E-state index contributed by atoms with van der Waals surface area (Å²) in [5, 5.41) is 33.6. The Hall–Kier alpha value is -2.87. The molecule has 4 unspecified atom stereocenters. The first-order chi connectivity index (χ1) is 15.3. The highest BCUT2D eigenvalue weighted by Crippen LogP contribution is 2.07. The Morgan fingerprint density at radius 2 is 1.24 bits per heavy atom. The van der Waals surface area contributed by atoms with E-state index in [4.69, 9.17) is 21.1 Å². The molecule has 0 fully saturated rings. The molecule has 0 aliphatic heterocycles. The summed E-state index contributed by atoms with van der Waals surface area (Å²) in [6.07, 6.45) is 0.455. The van der Waals surface area contributed by atoms with Gasteiger partial charge in [0.15, 0.2) is 0 Å². The van der Waals surface area contributed by atoms with Crippen molar-refractivity contribution in [2.45, 2.75) is 63.7 Å². The van der Waals surface area contributed by atoms with Crippen LogP contribution in [0.5, 0.6) is 0 Å². The quantitative estimate of drug-likeness (QED) is 0.133. The van der Waals surface area contributed by atoms with Gasteiger partial charge < -0.3 is 37.0 Å². The summed E-state index contributed by atoms with van der Waals surface area (Å²) in [7, 11) is 0. The Kier molecular flexibility index (Phi) is 13.7. The molecule has 14 heteroatoms. The highest BCUT2D eigenvalue weighted by molar-refractivity contribution is 7.98. The molecule has 0 aromatic heterocycles. The fraction of sp³-hybridized carbons (Fsp3) is 0.684. The SMILES string of the molecule is CSCCC(NC(=O)C(N)CC(C)C)C(=O)NC(CC(=O)O)C(=O)NC(CC(=O)O)C(=O)O. The summed E-state index contributed by atoms with van der Waals surface area (Å²) in [6.45, 7) is 3.74. The summed E-state index contributed by atoms with van der Waals surface area (Å²) < 4.78 is 0. The molecule has 8 N–H and O–H groups in total. The maximum atomic E-state index is 12.8. The van der Waals surface area contributed by atoms with Crippen LogP contribution in [0.25, 0.3) is 0 Å². The maximum absolute atomic E-state index is 12.8. The summed E-state index contributed by atoms with van der Waals surface area (Å²) in [4.78, 5) is 70.7. The third-order valence-electron chi connectivity index (χ3n) is 4.31. The summed E-state index contributed by atoms with van der Waals surface area (Å²) in [5.41, 5.74) is 5.84. The molecule has 13 nitrogen and oxygen atoms in total. The molecule has 0 spiro atoms. The smallest absolute Gasteiger partial charge is 0.326 e. The van der Waals surface area contributed by atoms with Gasteiger partial charge in [-0.2, -0.15) is 11.8 Å². The van der Waals surface area contributed by atoms with Crippen molar-refractivity contribution in [2.75, 3.05) is 12.0 Å². The lowest BCUT2D eigenvalue weighted by Crippen LogP contribution is -2.57. The molecule has 3 amide bonds.